The van der Waals surface area contributed by atoms with Crippen LogP contribution < -0.4 is 5.73 Å². The molecule has 0 saturated carbocycles. The highest BCUT2D eigenvalue weighted by atomic mass is 16.5. The van der Waals surface area contributed by atoms with Gasteiger partial charge in [0.1, 0.15) is 0 Å². The van der Waals surface area contributed by atoms with Crippen LogP contribution in [-0.2, 0) is 9.53 Å². The van der Waals surface area contributed by atoms with E-state index in [4.69, 9.17) is 10.5 Å². The highest BCUT2D eigenvalue weighted by Gasteiger charge is 2.43. The fourth-order valence-electron chi connectivity index (χ4n) is 3.07. The van der Waals surface area contributed by atoms with Gasteiger partial charge in [0.25, 0.3) is 0 Å². The standard InChI is InChI=1S/C12H22N2O3/c1-17-5-4-11(13)12(16)14-8-2-3-9(14)7-10(15)6-8/h8-11,15H,2-7,13H2,1H3. The van der Waals surface area contributed by atoms with Gasteiger partial charge in [-0.05, 0) is 32.1 Å². The fourth-order valence-corrected chi connectivity index (χ4v) is 3.07. The number of hydrogen-bond donors (Lipinski definition) is 2. The summed E-state index contributed by atoms with van der Waals surface area (Å²) < 4.78 is 4.95. The van der Waals surface area contributed by atoms with Crippen molar-refractivity contribution < 1.29 is 14.6 Å². The summed E-state index contributed by atoms with van der Waals surface area (Å²) in [6.45, 7) is 0.513. The predicted molar refractivity (Wildman–Crippen MR) is 63.4 cm³/mol. The van der Waals surface area contributed by atoms with Gasteiger partial charge in [0.15, 0.2) is 0 Å². The SMILES string of the molecule is COCCC(N)C(=O)N1C2CCC1CC(O)C2. The van der Waals surface area contributed by atoms with E-state index in [9.17, 15) is 9.90 Å². The van der Waals surface area contributed by atoms with Crippen molar-refractivity contribution in [3.05, 3.63) is 0 Å². The Balaban J connectivity index is 1.96. The number of amides is 1. The maximum Gasteiger partial charge on any atom is 0.240 e. The Labute approximate surface area is 102 Å². The van der Waals surface area contributed by atoms with Crippen LogP contribution >= 0.6 is 0 Å². The first-order valence-corrected chi connectivity index (χ1v) is 6.38. The Morgan fingerprint density at radius 1 is 1.47 bits per heavy atom. The molecule has 2 rings (SSSR count). The Bertz CT molecular complexity index is 271. The van der Waals surface area contributed by atoms with Crippen molar-refractivity contribution >= 4 is 5.91 Å². The molecule has 2 aliphatic rings. The number of aliphatic hydroxyl groups excluding tert-OH is 1. The van der Waals surface area contributed by atoms with Crippen LogP contribution in [0.5, 0.6) is 0 Å². The summed E-state index contributed by atoms with van der Waals surface area (Å²) in [6.07, 6.45) is 3.74. The minimum absolute atomic E-state index is 0.0291. The molecule has 5 nitrogen and oxygen atoms in total. The Morgan fingerprint density at radius 2 is 2.06 bits per heavy atom. The van der Waals surface area contributed by atoms with Crippen LogP contribution in [0, 0.1) is 0 Å². The van der Waals surface area contributed by atoms with Crippen molar-refractivity contribution in [2.45, 2.75) is 56.3 Å². The number of hydrogen-bond acceptors (Lipinski definition) is 4. The summed E-state index contributed by atoms with van der Waals surface area (Å²) in [4.78, 5) is 14.2. The maximum atomic E-state index is 12.2. The van der Waals surface area contributed by atoms with Crippen molar-refractivity contribution in [2.24, 2.45) is 5.73 Å². The molecule has 0 aromatic carbocycles. The van der Waals surface area contributed by atoms with E-state index in [0.717, 1.165) is 12.8 Å². The van der Waals surface area contributed by atoms with Crippen LogP contribution in [0.2, 0.25) is 0 Å². The second-order valence-corrected chi connectivity index (χ2v) is 5.14. The molecule has 3 unspecified atom stereocenters. The van der Waals surface area contributed by atoms with Crippen LogP contribution in [0.3, 0.4) is 0 Å². The molecule has 0 spiro atoms. The molecule has 2 saturated heterocycles. The number of nitrogens with zero attached hydrogens (tertiary/aromatic N) is 1. The van der Waals surface area contributed by atoms with Gasteiger partial charge in [-0.1, -0.05) is 0 Å². The van der Waals surface area contributed by atoms with Crippen LogP contribution in [-0.4, -0.2) is 53.9 Å². The number of nitrogens with two attached hydrogens (primary N) is 1. The maximum absolute atomic E-state index is 12.2. The highest BCUT2D eigenvalue weighted by Crippen LogP contribution is 2.36. The first-order chi connectivity index (χ1) is 8.13. The lowest BCUT2D eigenvalue weighted by Crippen LogP contribution is -2.53. The summed E-state index contributed by atoms with van der Waals surface area (Å²) in [5, 5.41) is 9.68. The summed E-state index contributed by atoms with van der Waals surface area (Å²) in [6, 6.07) is -0.0667. The number of aliphatic hydroxyl groups is 1. The summed E-state index contributed by atoms with van der Waals surface area (Å²) in [5.41, 5.74) is 5.89. The van der Waals surface area contributed by atoms with E-state index in [0.29, 0.717) is 25.9 Å². The van der Waals surface area contributed by atoms with Gasteiger partial charge in [-0.2, -0.15) is 0 Å². The Kier molecular flexibility index (Phi) is 4.01. The lowest BCUT2D eigenvalue weighted by molar-refractivity contribution is -0.139. The monoisotopic (exact) mass is 242 g/mol. The summed E-state index contributed by atoms with van der Waals surface area (Å²) in [7, 11) is 1.61. The third-order valence-corrected chi connectivity index (χ3v) is 3.91. The molecule has 5 heteroatoms. The quantitative estimate of drug-likeness (QED) is 0.719. The second-order valence-electron chi connectivity index (χ2n) is 5.14. The third-order valence-electron chi connectivity index (χ3n) is 3.91. The first-order valence-electron chi connectivity index (χ1n) is 6.38. The number of piperidine rings is 1. The lowest BCUT2D eigenvalue weighted by atomic mass is 9.98. The van der Waals surface area contributed by atoms with E-state index in [2.05, 4.69) is 0 Å². The molecule has 0 aliphatic carbocycles. The average Bonchev–Trinajstić information content (AvgIpc) is 2.57. The topological polar surface area (TPSA) is 75.8 Å². The normalized spacial score (nSPS) is 33.8. The molecule has 0 radical (unpaired) electrons. The largest absolute Gasteiger partial charge is 0.393 e. The number of carbonyl (C=O) groups is 1. The van der Waals surface area contributed by atoms with Crippen molar-refractivity contribution in [2.75, 3.05) is 13.7 Å². The van der Waals surface area contributed by atoms with Gasteiger partial charge < -0.3 is 20.5 Å². The van der Waals surface area contributed by atoms with Gasteiger partial charge in [0.2, 0.25) is 5.91 Å². The number of ether oxygens (including phenoxy) is 1. The van der Waals surface area contributed by atoms with Gasteiger partial charge in [-0.15, -0.1) is 0 Å². The molecular weight excluding hydrogens is 220 g/mol. The van der Waals surface area contributed by atoms with Crippen LogP contribution in [0.15, 0.2) is 0 Å². The Hall–Kier alpha value is -0.650. The smallest absolute Gasteiger partial charge is 0.240 e. The molecule has 0 aromatic heterocycles. The summed E-state index contributed by atoms with van der Waals surface area (Å²) >= 11 is 0. The van der Waals surface area contributed by atoms with E-state index in [1.165, 1.54) is 0 Å². The zero-order chi connectivity index (χ0) is 12.4. The van der Waals surface area contributed by atoms with E-state index in [-0.39, 0.29) is 24.1 Å². The molecule has 2 bridgehead atoms. The number of methoxy groups -OCH3 is 1. The molecule has 0 aromatic rings. The lowest BCUT2D eigenvalue weighted by Gasteiger charge is -2.38. The van der Waals surface area contributed by atoms with Crippen molar-refractivity contribution in [3.63, 3.8) is 0 Å². The second kappa shape index (κ2) is 5.33. The van der Waals surface area contributed by atoms with E-state index in [1.54, 1.807) is 7.11 Å². The average molecular weight is 242 g/mol. The molecule has 2 fully saturated rings. The number of carbonyl (C=O) groups excluding carboxylic acids is 1. The molecule has 2 heterocycles. The van der Waals surface area contributed by atoms with Gasteiger partial charge in [-0.25, -0.2) is 0 Å². The van der Waals surface area contributed by atoms with Crippen molar-refractivity contribution in [1.82, 2.24) is 4.90 Å². The van der Waals surface area contributed by atoms with Crippen LogP contribution in [0.4, 0.5) is 0 Å². The number of rotatable bonds is 4. The van der Waals surface area contributed by atoms with Crippen LogP contribution in [0.1, 0.15) is 32.1 Å². The third kappa shape index (κ3) is 2.61. The fraction of sp³-hybridized carbons (Fsp3) is 0.917. The van der Waals surface area contributed by atoms with Gasteiger partial charge in [0, 0.05) is 25.8 Å². The van der Waals surface area contributed by atoms with Gasteiger partial charge >= 0.3 is 0 Å². The van der Waals surface area contributed by atoms with Gasteiger partial charge in [-0.3, -0.25) is 4.79 Å². The Morgan fingerprint density at radius 3 is 2.59 bits per heavy atom. The van der Waals surface area contributed by atoms with Crippen molar-refractivity contribution in [3.8, 4) is 0 Å². The zero-order valence-electron chi connectivity index (χ0n) is 10.3. The molecular formula is C12H22N2O3. The van der Waals surface area contributed by atoms with E-state index >= 15 is 0 Å². The minimum atomic E-state index is -0.465. The van der Waals surface area contributed by atoms with Crippen LogP contribution in [0.25, 0.3) is 0 Å². The molecule has 2 aliphatic heterocycles. The summed E-state index contributed by atoms with van der Waals surface area (Å²) in [5.74, 6) is 0.0291. The highest BCUT2D eigenvalue weighted by molar-refractivity contribution is 5.82. The molecule has 17 heavy (non-hydrogen) atoms. The first kappa shape index (κ1) is 12.8. The molecule has 1 amide bonds. The molecule has 3 atom stereocenters. The van der Waals surface area contributed by atoms with Gasteiger partial charge in [0.05, 0.1) is 12.1 Å². The molecule has 98 valence electrons. The van der Waals surface area contributed by atoms with E-state index in [1.807, 2.05) is 4.90 Å². The molecule has 3 N–H and O–H groups in total. The van der Waals surface area contributed by atoms with E-state index < -0.39 is 6.04 Å². The minimum Gasteiger partial charge on any atom is -0.393 e. The van der Waals surface area contributed by atoms with Crippen molar-refractivity contribution in [1.29, 1.82) is 0 Å². The zero-order valence-corrected chi connectivity index (χ0v) is 10.3. The number of fused-ring (bicyclic) bond motifs is 2. The predicted octanol–water partition coefficient (Wildman–Crippen LogP) is -0.135.